The average molecular weight is 241 g/mol. The highest BCUT2D eigenvalue weighted by Crippen LogP contribution is 2.42. The molecule has 0 aliphatic heterocycles. The Morgan fingerprint density at radius 1 is 1.35 bits per heavy atom. The molecule has 17 heavy (non-hydrogen) atoms. The lowest BCUT2D eigenvalue weighted by atomic mass is 9.67. The van der Waals surface area contributed by atoms with Crippen LogP contribution in [0.25, 0.3) is 0 Å². The molecule has 0 aromatic carbocycles. The molecule has 0 aromatic heterocycles. The number of carbonyl (C=O) groups excluding carboxylic acids is 1. The molecule has 0 bridgehead atoms. The topological polar surface area (TPSA) is 38.3 Å². The molecule has 0 amide bonds. The van der Waals surface area contributed by atoms with E-state index >= 15 is 0 Å². The summed E-state index contributed by atoms with van der Waals surface area (Å²) >= 11 is 0. The van der Waals surface area contributed by atoms with Gasteiger partial charge in [-0.2, -0.15) is 0 Å². The fourth-order valence-corrected chi connectivity index (χ4v) is 3.10. The normalized spacial score (nSPS) is 27.8. The lowest BCUT2D eigenvalue weighted by Gasteiger charge is -2.45. The van der Waals surface area contributed by atoms with Crippen LogP contribution >= 0.6 is 0 Å². The Morgan fingerprint density at radius 2 is 2.06 bits per heavy atom. The maximum atomic E-state index is 11.6. The van der Waals surface area contributed by atoms with Gasteiger partial charge in [0.15, 0.2) is 0 Å². The molecule has 1 saturated carbocycles. The van der Waals surface area contributed by atoms with Crippen molar-refractivity contribution in [2.24, 2.45) is 5.41 Å². The minimum atomic E-state index is -0.0914. The SMILES string of the molecule is CCCNC1(CC(=O)OC)CCCC(C)(C)C1. The smallest absolute Gasteiger partial charge is 0.307 e. The lowest BCUT2D eigenvalue weighted by molar-refractivity contribution is -0.143. The van der Waals surface area contributed by atoms with E-state index in [2.05, 4.69) is 26.1 Å². The zero-order chi connectivity index (χ0) is 12.9. The van der Waals surface area contributed by atoms with Crippen LogP contribution in [-0.4, -0.2) is 25.2 Å². The van der Waals surface area contributed by atoms with Gasteiger partial charge in [0.1, 0.15) is 0 Å². The number of rotatable bonds is 5. The minimum absolute atomic E-state index is 0.0369. The number of hydrogen-bond acceptors (Lipinski definition) is 3. The molecule has 1 rings (SSSR count). The molecule has 100 valence electrons. The predicted molar refractivity (Wildman–Crippen MR) is 69.9 cm³/mol. The van der Waals surface area contributed by atoms with E-state index < -0.39 is 0 Å². The van der Waals surface area contributed by atoms with E-state index in [0.29, 0.717) is 11.8 Å². The maximum Gasteiger partial charge on any atom is 0.307 e. The van der Waals surface area contributed by atoms with Crippen molar-refractivity contribution in [2.45, 2.75) is 64.8 Å². The first kappa shape index (κ1) is 14.5. The molecule has 1 aliphatic carbocycles. The van der Waals surface area contributed by atoms with Gasteiger partial charge in [-0.25, -0.2) is 0 Å². The molecular formula is C14H27NO2. The van der Waals surface area contributed by atoms with Crippen LogP contribution in [0.15, 0.2) is 0 Å². The summed E-state index contributed by atoms with van der Waals surface area (Å²) in [6.45, 7) is 7.73. The third-order valence-electron chi connectivity index (χ3n) is 3.79. The molecule has 1 atom stereocenters. The average Bonchev–Trinajstić information content (AvgIpc) is 2.25. The van der Waals surface area contributed by atoms with Crippen molar-refractivity contribution >= 4 is 5.97 Å². The molecular weight excluding hydrogens is 214 g/mol. The van der Waals surface area contributed by atoms with Crippen LogP contribution in [0.1, 0.15) is 59.3 Å². The van der Waals surface area contributed by atoms with Crippen LogP contribution in [0.5, 0.6) is 0 Å². The standard InChI is InChI=1S/C14H27NO2/c1-5-9-15-14(10-12(16)17-4)8-6-7-13(2,3)11-14/h15H,5-11H2,1-4H3. The molecule has 3 heteroatoms. The quantitative estimate of drug-likeness (QED) is 0.752. The van der Waals surface area contributed by atoms with Gasteiger partial charge in [0, 0.05) is 5.54 Å². The third-order valence-corrected chi connectivity index (χ3v) is 3.79. The first-order chi connectivity index (χ1) is 7.93. The Bertz CT molecular complexity index is 263. The summed E-state index contributed by atoms with van der Waals surface area (Å²) in [5.41, 5.74) is 0.290. The summed E-state index contributed by atoms with van der Waals surface area (Å²) in [5.74, 6) is -0.0914. The van der Waals surface area contributed by atoms with Crippen LogP contribution in [-0.2, 0) is 9.53 Å². The second-order valence-electron chi connectivity index (χ2n) is 6.15. The minimum Gasteiger partial charge on any atom is -0.469 e. The molecule has 3 nitrogen and oxygen atoms in total. The van der Waals surface area contributed by atoms with Crippen molar-refractivity contribution in [3.63, 3.8) is 0 Å². The number of nitrogens with one attached hydrogen (secondary N) is 1. The number of ether oxygens (including phenoxy) is 1. The number of hydrogen-bond donors (Lipinski definition) is 1. The van der Waals surface area contributed by atoms with Gasteiger partial charge in [-0.3, -0.25) is 4.79 Å². The van der Waals surface area contributed by atoms with Crippen LogP contribution in [0.3, 0.4) is 0 Å². The first-order valence-electron chi connectivity index (χ1n) is 6.75. The fraction of sp³-hybridized carbons (Fsp3) is 0.929. The number of esters is 1. The highest BCUT2D eigenvalue weighted by Gasteiger charge is 2.41. The van der Waals surface area contributed by atoms with E-state index in [1.165, 1.54) is 20.0 Å². The zero-order valence-corrected chi connectivity index (χ0v) is 11.8. The van der Waals surface area contributed by atoms with Crippen molar-refractivity contribution in [3.05, 3.63) is 0 Å². The van der Waals surface area contributed by atoms with Crippen LogP contribution in [0.2, 0.25) is 0 Å². The Balaban J connectivity index is 2.73. The summed E-state index contributed by atoms with van der Waals surface area (Å²) in [5, 5.41) is 3.60. The van der Waals surface area contributed by atoms with Crippen molar-refractivity contribution < 1.29 is 9.53 Å². The van der Waals surface area contributed by atoms with E-state index in [9.17, 15) is 4.79 Å². The third kappa shape index (κ3) is 4.30. The second-order valence-corrected chi connectivity index (χ2v) is 6.15. The summed E-state index contributed by atoms with van der Waals surface area (Å²) in [6.07, 6.45) is 6.21. The maximum absolute atomic E-state index is 11.6. The second kappa shape index (κ2) is 5.85. The summed E-state index contributed by atoms with van der Waals surface area (Å²) in [6, 6.07) is 0. The van der Waals surface area contributed by atoms with Gasteiger partial charge in [0.05, 0.1) is 13.5 Å². The predicted octanol–water partition coefficient (Wildman–Crippen LogP) is 2.89. The Hall–Kier alpha value is -0.570. The van der Waals surface area contributed by atoms with E-state index in [0.717, 1.165) is 25.8 Å². The highest BCUT2D eigenvalue weighted by atomic mass is 16.5. The zero-order valence-electron chi connectivity index (χ0n) is 11.8. The molecule has 1 aliphatic rings. The summed E-state index contributed by atoms with van der Waals surface area (Å²) < 4.78 is 4.85. The lowest BCUT2D eigenvalue weighted by Crippen LogP contribution is -2.52. The van der Waals surface area contributed by atoms with Crippen LogP contribution in [0.4, 0.5) is 0 Å². The van der Waals surface area contributed by atoms with Crippen molar-refractivity contribution in [1.82, 2.24) is 5.32 Å². The van der Waals surface area contributed by atoms with E-state index in [-0.39, 0.29) is 11.5 Å². The van der Waals surface area contributed by atoms with Crippen molar-refractivity contribution in [3.8, 4) is 0 Å². The van der Waals surface area contributed by atoms with Gasteiger partial charge in [-0.1, -0.05) is 27.2 Å². The molecule has 1 fully saturated rings. The Labute approximate surface area is 105 Å². The molecule has 0 aromatic rings. The molecule has 1 unspecified atom stereocenters. The van der Waals surface area contributed by atoms with E-state index in [4.69, 9.17) is 4.74 Å². The van der Waals surface area contributed by atoms with E-state index in [1.54, 1.807) is 0 Å². The van der Waals surface area contributed by atoms with Crippen molar-refractivity contribution in [2.75, 3.05) is 13.7 Å². The number of carbonyl (C=O) groups is 1. The van der Waals surface area contributed by atoms with Gasteiger partial charge in [-0.05, 0) is 37.6 Å². The summed E-state index contributed by atoms with van der Waals surface area (Å²) in [7, 11) is 1.48. The van der Waals surface area contributed by atoms with Crippen LogP contribution < -0.4 is 5.32 Å². The Kier molecular flexibility index (Phi) is 4.99. The van der Waals surface area contributed by atoms with Gasteiger partial charge in [0.25, 0.3) is 0 Å². The number of methoxy groups -OCH3 is 1. The molecule has 0 saturated heterocycles. The largest absolute Gasteiger partial charge is 0.469 e. The summed E-state index contributed by atoms with van der Waals surface area (Å²) in [4.78, 5) is 11.6. The van der Waals surface area contributed by atoms with Crippen LogP contribution in [0, 0.1) is 5.41 Å². The molecule has 1 N–H and O–H groups in total. The van der Waals surface area contributed by atoms with Gasteiger partial charge < -0.3 is 10.1 Å². The molecule has 0 spiro atoms. The first-order valence-corrected chi connectivity index (χ1v) is 6.75. The molecule has 0 heterocycles. The molecule has 0 radical (unpaired) electrons. The van der Waals surface area contributed by atoms with E-state index in [1.807, 2.05) is 0 Å². The van der Waals surface area contributed by atoms with Gasteiger partial charge >= 0.3 is 5.97 Å². The monoisotopic (exact) mass is 241 g/mol. The van der Waals surface area contributed by atoms with Gasteiger partial charge in [0.2, 0.25) is 0 Å². The fourth-order valence-electron chi connectivity index (χ4n) is 3.10. The van der Waals surface area contributed by atoms with Gasteiger partial charge in [-0.15, -0.1) is 0 Å². The Morgan fingerprint density at radius 3 is 2.59 bits per heavy atom. The highest BCUT2D eigenvalue weighted by molar-refractivity contribution is 5.70. The van der Waals surface area contributed by atoms with Crippen molar-refractivity contribution in [1.29, 1.82) is 0 Å².